The lowest BCUT2D eigenvalue weighted by Crippen LogP contribution is -2.31. The lowest BCUT2D eigenvalue weighted by Gasteiger charge is -2.17. The van der Waals surface area contributed by atoms with Crippen LogP contribution in [0.1, 0.15) is 66.2 Å². The van der Waals surface area contributed by atoms with E-state index in [0.29, 0.717) is 31.0 Å². The molecule has 30 heavy (non-hydrogen) atoms. The Bertz CT molecular complexity index is 921. The number of halogens is 1. The number of carboxylic acids is 1. The molecule has 1 aromatic carbocycles. The van der Waals surface area contributed by atoms with Crippen LogP contribution in [0.25, 0.3) is 0 Å². The van der Waals surface area contributed by atoms with Crippen molar-refractivity contribution in [1.29, 1.82) is 0 Å². The SMILES string of the molecule is CC(C)(C)n1nnc([C@H](CCCN=C(N)CCl)NC(=O)c2ccccc2C(=O)O)n1. The second-order valence-corrected chi connectivity index (χ2v) is 7.90. The Morgan fingerprint density at radius 3 is 2.53 bits per heavy atom. The third-order valence-corrected chi connectivity index (χ3v) is 4.42. The van der Waals surface area contributed by atoms with Crippen LogP contribution in [0.3, 0.4) is 0 Å². The quantitative estimate of drug-likeness (QED) is 0.236. The van der Waals surface area contributed by atoms with E-state index >= 15 is 0 Å². The molecule has 4 N–H and O–H groups in total. The molecule has 0 radical (unpaired) electrons. The van der Waals surface area contributed by atoms with Crippen LogP contribution in [-0.4, -0.2) is 55.5 Å². The zero-order chi connectivity index (χ0) is 22.3. The van der Waals surface area contributed by atoms with Crippen LogP contribution in [-0.2, 0) is 5.54 Å². The first-order valence-electron chi connectivity index (χ1n) is 9.41. The highest BCUT2D eigenvalue weighted by Gasteiger charge is 2.25. The van der Waals surface area contributed by atoms with Gasteiger partial charge in [0, 0.05) is 6.54 Å². The minimum atomic E-state index is -1.18. The Morgan fingerprint density at radius 2 is 1.97 bits per heavy atom. The van der Waals surface area contributed by atoms with Crippen LogP contribution >= 0.6 is 11.6 Å². The number of nitrogens with two attached hydrogens (primary N) is 1. The Hall–Kier alpha value is -3.01. The fraction of sp³-hybridized carbons (Fsp3) is 0.474. The number of aliphatic imine (C=N–C) groups is 1. The second kappa shape index (κ2) is 10.1. The van der Waals surface area contributed by atoms with E-state index in [1.165, 1.54) is 16.9 Å². The summed E-state index contributed by atoms with van der Waals surface area (Å²) in [7, 11) is 0. The van der Waals surface area contributed by atoms with Crippen LogP contribution < -0.4 is 11.1 Å². The summed E-state index contributed by atoms with van der Waals surface area (Å²) in [5, 5.41) is 24.7. The lowest BCUT2D eigenvalue weighted by atomic mass is 10.1. The average molecular weight is 436 g/mol. The van der Waals surface area contributed by atoms with E-state index < -0.39 is 17.9 Å². The van der Waals surface area contributed by atoms with Gasteiger partial charge in [-0.25, -0.2) is 4.79 Å². The van der Waals surface area contributed by atoms with Gasteiger partial charge in [0.1, 0.15) is 5.84 Å². The zero-order valence-corrected chi connectivity index (χ0v) is 17.9. The molecule has 11 heteroatoms. The number of carbonyl (C=O) groups excluding carboxylic acids is 1. The van der Waals surface area contributed by atoms with E-state index in [1.54, 1.807) is 12.1 Å². The molecule has 1 amide bonds. The summed E-state index contributed by atoms with van der Waals surface area (Å²) in [5.41, 5.74) is 5.20. The summed E-state index contributed by atoms with van der Waals surface area (Å²) in [6.45, 7) is 6.21. The van der Waals surface area contributed by atoms with Crippen molar-refractivity contribution in [3.63, 3.8) is 0 Å². The van der Waals surface area contributed by atoms with Crippen molar-refractivity contribution in [2.45, 2.75) is 45.2 Å². The summed E-state index contributed by atoms with van der Waals surface area (Å²) in [5.74, 6) is -0.896. The van der Waals surface area contributed by atoms with Gasteiger partial charge in [-0.1, -0.05) is 12.1 Å². The molecule has 2 rings (SSSR count). The molecule has 1 aromatic heterocycles. The van der Waals surface area contributed by atoms with Crippen molar-refractivity contribution in [3.05, 3.63) is 41.2 Å². The zero-order valence-electron chi connectivity index (χ0n) is 17.2. The van der Waals surface area contributed by atoms with Crippen molar-refractivity contribution in [3.8, 4) is 0 Å². The van der Waals surface area contributed by atoms with E-state index in [0.717, 1.165) is 0 Å². The van der Waals surface area contributed by atoms with Gasteiger partial charge in [-0.05, 0) is 51.0 Å². The summed E-state index contributed by atoms with van der Waals surface area (Å²) < 4.78 is 0. The van der Waals surface area contributed by atoms with Gasteiger partial charge in [0.2, 0.25) is 0 Å². The fourth-order valence-electron chi connectivity index (χ4n) is 2.58. The third kappa shape index (κ3) is 6.24. The molecule has 0 saturated carbocycles. The van der Waals surface area contributed by atoms with Gasteiger partial charge in [0.15, 0.2) is 5.82 Å². The number of amides is 1. The number of hydrogen-bond acceptors (Lipinski definition) is 6. The predicted molar refractivity (Wildman–Crippen MR) is 113 cm³/mol. The Morgan fingerprint density at radius 1 is 1.30 bits per heavy atom. The molecule has 0 aliphatic rings. The lowest BCUT2D eigenvalue weighted by molar-refractivity contribution is 0.0690. The van der Waals surface area contributed by atoms with Gasteiger partial charge in [0.25, 0.3) is 5.91 Å². The average Bonchev–Trinajstić information content (AvgIpc) is 3.20. The van der Waals surface area contributed by atoms with Crippen LogP contribution in [0.4, 0.5) is 0 Å². The molecule has 1 atom stereocenters. The molecule has 0 aliphatic heterocycles. The number of rotatable bonds is 9. The number of amidine groups is 1. The van der Waals surface area contributed by atoms with Gasteiger partial charge in [0.05, 0.1) is 28.6 Å². The van der Waals surface area contributed by atoms with Crippen LogP contribution in [0, 0.1) is 0 Å². The Kier molecular flexibility index (Phi) is 7.87. The minimum absolute atomic E-state index is 0.0580. The summed E-state index contributed by atoms with van der Waals surface area (Å²) >= 11 is 5.62. The maximum Gasteiger partial charge on any atom is 0.336 e. The van der Waals surface area contributed by atoms with Gasteiger partial charge >= 0.3 is 5.97 Å². The molecule has 1 heterocycles. The molecule has 0 bridgehead atoms. The number of aromatic carboxylic acids is 1. The molecular weight excluding hydrogens is 410 g/mol. The van der Waals surface area contributed by atoms with Crippen LogP contribution in [0.2, 0.25) is 0 Å². The van der Waals surface area contributed by atoms with Crippen molar-refractivity contribution in [2.75, 3.05) is 12.4 Å². The smallest absolute Gasteiger partial charge is 0.336 e. The van der Waals surface area contributed by atoms with Crippen LogP contribution in [0.5, 0.6) is 0 Å². The highest BCUT2D eigenvalue weighted by atomic mass is 35.5. The van der Waals surface area contributed by atoms with E-state index in [1.807, 2.05) is 20.8 Å². The standard InChI is InChI=1S/C19H26ClN7O3/c1-19(2,3)27-25-16(24-26-27)14(9-6-10-22-15(21)11-20)23-17(28)12-7-4-5-8-13(12)18(29)30/h4-5,7-8,14H,6,9-11H2,1-3H3,(H2,21,22)(H,23,28)(H,29,30)/t14-/m0/s1. The number of nitrogens with zero attached hydrogens (tertiary/aromatic N) is 5. The molecular formula is C19H26ClN7O3. The van der Waals surface area contributed by atoms with E-state index in [4.69, 9.17) is 17.3 Å². The first-order chi connectivity index (χ1) is 14.1. The second-order valence-electron chi connectivity index (χ2n) is 7.63. The van der Waals surface area contributed by atoms with Crippen molar-refractivity contribution in [2.24, 2.45) is 10.7 Å². The summed E-state index contributed by atoms with van der Waals surface area (Å²) in [6, 6.07) is 5.43. The van der Waals surface area contributed by atoms with Gasteiger partial charge < -0.3 is 16.2 Å². The largest absolute Gasteiger partial charge is 0.478 e. The van der Waals surface area contributed by atoms with Gasteiger partial charge in [-0.3, -0.25) is 9.79 Å². The van der Waals surface area contributed by atoms with E-state index in [2.05, 4.69) is 25.7 Å². The first kappa shape index (κ1) is 23.3. The number of aromatic nitrogens is 4. The highest BCUT2D eigenvalue weighted by molar-refractivity contribution is 6.27. The topological polar surface area (TPSA) is 148 Å². The van der Waals surface area contributed by atoms with Crippen molar-refractivity contribution in [1.82, 2.24) is 25.5 Å². The number of carbonyl (C=O) groups is 2. The normalized spacial score (nSPS) is 13.1. The molecule has 162 valence electrons. The van der Waals surface area contributed by atoms with Crippen molar-refractivity contribution < 1.29 is 14.7 Å². The number of carboxylic acid groups (broad SMARTS) is 1. The highest BCUT2D eigenvalue weighted by Crippen LogP contribution is 2.18. The number of nitrogens with one attached hydrogen (secondary N) is 1. The summed E-state index contributed by atoms with van der Waals surface area (Å²) in [4.78, 5) is 29.9. The van der Waals surface area contributed by atoms with Gasteiger partial charge in [-0.15, -0.1) is 21.8 Å². The predicted octanol–water partition coefficient (Wildman–Crippen LogP) is 1.97. The maximum atomic E-state index is 12.8. The number of tetrazole rings is 1. The van der Waals surface area contributed by atoms with Gasteiger partial charge in [-0.2, -0.15) is 4.80 Å². The molecule has 0 saturated heterocycles. The van der Waals surface area contributed by atoms with E-state index in [-0.39, 0.29) is 22.5 Å². The molecule has 0 aliphatic carbocycles. The molecule has 0 fully saturated rings. The summed E-state index contributed by atoms with van der Waals surface area (Å²) in [6.07, 6.45) is 1.03. The molecule has 2 aromatic rings. The first-order valence-corrected chi connectivity index (χ1v) is 9.95. The molecule has 0 spiro atoms. The molecule has 10 nitrogen and oxygen atoms in total. The minimum Gasteiger partial charge on any atom is -0.478 e. The Balaban J connectivity index is 2.24. The maximum absolute atomic E-state index is 12.8. The third-order valence-electron chi connectivity index (χ3n) is 4.15. The Labute approximate surface area is 179 Å². The monoisotopic (exact) mass is 435 g/mol. The fourth-order valence-corrected chi connectivity index (χ4v) is 2.66. The van der Waals surface area contributed by atoms with E-state index in [9.17, 15) is 14.7 Å². The van der Waals surface area contributed by atoms with Crippen LogP contribution in [0.15, 0.2) is 29.3 Å². The number of benzene rings is 1. The van der Waals surface area contributed by atoms with Crippen molar-refractivity contribution >= 4 is 29.3 Å². The molecule has 0 unspecified atom stereocenters. The number of hydrogen-bond donors (Lipinski definition) is 3. The number of alkyl halides is 1.